The lowest BCUT2D eigenvalue weighted by Crippen LogP contribution is -2.44. The van der Waals surface area contributed by atoms with Crippen molar-refractivity contribution in [2.75, 3.05) is 33.7 Å². The minimum atomic E-state index is -3.45. The Kier molecular flexibility index (Phi) is 6.17. The number of nitrogens with zero attached hydrogens (tertiary/aromatic N) is 5. The van der Waals surface area contributed by atoms with Crippen LogP contribution in [0.5, 0.6) is 0 Å². The van der Waals surface area contributed by atoms with E-state index in [1.54, 1.807) is 4.90 Å². The van der Waals surface area contributed by atoms with Gasteiger partial charge < -0.3 is 9.42 Å². The van der Waals surface area contributed by atoms with Gasteiger partial charge in [0.2, 0.25) is 11.8 Å². The summed E-state index contributed by atoms with van der Waals surface area (Å²) in [6.45, 7) is 6.60. The van der Waals surface area contributed by atoms with Crippen molar-refractivity contribution in [1.82, 2.24) is 23.7 Å². The second-order valence-corrected chi connectivity index (χ2v) is 8.90. The molecule has 10 heteroatoms. The van der Waals surface area contributed by atoms with Crippen LogP contribution in [0.25, 0.3) is 0 Å². The van der Waals surface area contributed by atoms with E-state index in [0.717, 1.165) is 0 Å². The van der Waals surface area contributed by atoms with Crippen LogP contribution in [0.3, 0.4) is 0 Å². The molecule has 1 fully saturated rings. The van der Waals surface area contributed by atoms with Crippen molar-refractivity contribution in [3.63, 3.8) is 0 Å². The standard InChI is InChI=1S/C15H27N5O4S/c1-11(2)15-16-14(17-24-15)7-9-20(12(3)21)13-6-8-19(10-13)25(22,23)18(4)5/h11,13H,6-10H2,1-5H3. The van der Waals surface area contributed by atoms with Gasteiger partial charge in [-0.05, 0) is 6.42 Å². The zero-order valence-corrected chi connectivity index (χ0v) is 16.3. The molecule has 142 valence electrons. The Bertz CT molecular complexity index is 701. The summed E-state index contributed by atoms with van der Waals surface area (Å²) in [7, 11) is -0.437. The second-order valence-electron chi connectivity index (χ2n) is 6.76. The summed E-state index contributed by atoms with van der Waals surface area (Å²) in [6, 6.07) is -0.135. The van der Waals surface area contributed by atoms with Crippen molar-refractivity contribution in [1.29, 1.82) is 0 Å². The molecule has 1 aliphatic rings. The number of carbonyl (C=O) groups excluding carboxylic acids is 1. The van der Waals surface area contributed by atoms with Crippen LogP contribution in [0, 0.1) is 0 Å². The summed E-state index contributed by atoms with van der Waals surface area (Å²) in [4.78, 5) is 18.1. The van der Waals surface area contributed by atoms with Crippen molar-refractivity contribution in [3.8, 4) is 0 Å². The first-order valence-electron chi connectivity index (χ1n) is 8.40. The van der Waals surface area contributed by atoms with E-state index < -0.39 is 10.2 Å². The third kappa shape index (κ3) is 4.56. The first-order valence-corrected chi connectivity index (χ1v) is 9.80. The van der Waals surface area contributed by atoms with Crippen LogP contribution in [0.1, 0.15) is 44.8 Å². The average Bonchev–Trinajstić information content (AvgIpc) is 3.16. The highest BCUT2D eigenvalue weighted by molar-refractivity contribution is 7.86. The van der Waals surface area contributed by atoms with Gasteiger partial charge in [-0.2, -0.15) is 22.0 Å². The third-order valence-corrected chi connectivity index (χ3v) is 6.22. The fourth-order valence-corrected chi connectivity index (χ4v) is 3.99. The van der Waals surface area contributed by atoms with Gasteiger partial charge in [-0.25, -0.2) is 0 Å². The molecular formula is C15H27N5O4S. The fourth-order valence-electron chi connectivity index (χ4n) is 2.83. The quantitative estimate of drug-likeness (QED) is 0.689. The Morgan fingerprint density at radius 2 is 2.08 bits per heavy atom. The van der Waals surface area contributed by atoms with Crippen molar-refractivity contribution in [2.45, 2.75) is 45.6 Å². The number of hydrogen-bond donors (Lipinski definition) is 0. The van der Waals surface area contributed by atoms with Gasteiger partial charge in [-0.15, -0.1) is 0 Å². The first-order chi connectivity index (χ1) is 11.6. The number of aromatic nitrogens is 2. The molecule has 1 aromatic heterocycles. The van der Waals surface area contributed by atoms with Crippen LogP contribution in [0.15, 0.2) is 4.52 Å². The summed E-state index contributed by atoms with van der Waals surface area (Å²) in [5.74, 6) is 1.21. The Balaban J connectivity index is 2.00. The first kappa shape index (κ1) is 19.8. The topological polar surface area (TPSA) is 99.9 Å². The number of hydrogen-bond acceptors (Lipinski definition) is 6. The van der Waals surface area contributed by atoms with Crippen molar-refractivity contribution in [3.05, 3.63) is 11.7 Å². The van der Waals surface area contributed by atoms with Gasteiger partial charge in [-0.3, -0.25) is 4.79 Å². The zero-order chi connectivity index (χ0) is 18.8. The number of rotatable bonds is 7. The zero-order valence-electron chi connectivity index (χ0n) is 15.5. The maximum absolute atomic E-state index is 12.2. The maximum atomic E-state index is 12.2. The van der Waals surface area contributed by atoms with Gasteiger partial charge in [0.1, 0.15) is 0 Å². The molecule has 1 atom stereocenters. The normalized spacial score (nSPS) is 19.1. The smallest absolute Gasteiger partial charge is 0.281 e. The van der Waals surface area contributed by atoms with Gasteiger partial charge in [0.05, 0.1) is 0 Å². The van der Waals surface area contributed by atoms with Crippen LogP contribution in [0.2, 0.25) is 0 Å². The van der Waals surface area contributed by atoms with Gasteiger partial charge in [0, 0.05) is 59.0 Å². The molecule has 9 nitrogen and oxygen atoms in total. The highest BCUT2D eigenvalue weighted by atomic mass is 32.2. The van der Waals surface area contributed by atoms with Gasteiger partial charge in [0.15, 0.2) is 5.82 Å². The molecule has 1 aliphatic heterocycles. The molecule has 0 N–H and O–H groups in total. The molecule has 1 unspecified atom stereocenters. The van der Waals surface area contributed by atoms with E-state index in [1.807, 2.05) is 13.8 Å². The van der Waals surface area contributed by atoms with E-state index >= 15 is 0 Å². The van der Waals surface area contributed by atoms with E-state index in [-0.39, 0.29) is 17.9 Å². The molecule has 2 heterocycles. The second kappa shape index (κ2) is 7.79. The molecule has 25 heavy (non-hydrogen) atoms. The maximum Gasteiger partial charge on any atom is 0.281 e. The fraction of sp³-hybridized carbons (Fsp3) is 0.800. The molecule has 0 saturated carbocycles. The predicted molar refractivity (Wildman–Crippen MR) is 92.1 cm³/mol. The summed E-state index contributed by atoms with van der Waals surface area (Å²) in [6.07, 6.45) is 1.10. The molecule has 2 rings (SSSR count). The van der Waals surface area contributed by atoms with Crippen molar-refractivity contribution in [2.24, 2.45) is 0 Å². The van der Waals surface area contributed by atoms with Gasteiger partial charge in [0.25, 0.3) is 10.2 Å². The van der Waals surface area contributed by atoms with Gasteiger partial charge >= 0.3 is 0 Å². The molecule has 0 bridgehead atoms. The lowest BCUT2D eigenvalue weighted by atomic mass is 10.2. The monoisotopic (exact) mass is 373 g/mol. The van der Waals surface area contributed by atoms with Crippen LogP contribution < -0.4 is 0 Å². The molecule has 1 amide bonds. The summed E-state index contributed by atoms with van der Waals surface area (Å²) in [5, 5.41) is 3.94. The average molecular weight is 373 g/mol. The SMILES string of the molecule is CC(=O)N(CCc1noc(C(C)C)n1)C1CCN(S(=O)(=O)N(C)C)C1. The minimum Gasteiger partial charge on any atom is -0.339 e. The van der Waals surface area contributed by atoms with Gasteiger partial charge in [-0.1, -0.05) is 19.0 Å². The van der Waals surface area contributed by atoms with E-state index in [0.29, 0.717) is 44.2 Å². The molecule has 0 radical (unpaired) electrons. The van der Waals surface area contributed by atoms with Crippen molar-refractivity contribution >= 4 is 16.1 Å². The molecule has 1 aromatic rings. The molecule has 0 aliphatic carbocycles. The highest BCUT2D eigenvalue weighted by Gasteiger charge is 2.36. The lowest BCUT2D eigenvalue weighted by molar-refractivity contribution is -0.130. The molecule has 0 aromatic carbocycles. The molecular weight excluding hydrogens is 346 g/mol. The summed E-state index contributed by atoms with van der Waals surface area (Å²) >= 11 is 0. The largest absolute Gasteiger partial charge is 0.339 e. The van der Waals surface area contributed by atoms with Crippen molar-refractivity contribution < 1.29 is 17.7 Å². The van der Waals surface area contributed by atoms with E-state index in [4.69, 9.17) is 4.52 Å². The van der Waals surface area contributed by atoms with Crippen LogP contribution in [-0.2, 0) is 21.4 Å². The Hall–Kier alpha value is -1.52. The molecule has 1 saturated heterocycles. The lowest BCUT2D eigenvalue weighted by Gasteiger charge is -2.28. The summed E-state index contributed by atoms with van der Waals surface area (Å²) < 4.78 is 32.3. The van der Waals surface area contributed by atoms with Crippen LogP contribution in [-0.4, -0.2) is 77.7 Å². The molecule has 0 spiro atoms. The van der Waals surface area contributed by atoms with Crippen LogP contribution >= 0.6 is 0 Å². The van der Waals surface area contributed by atoms with Crippen LogP contribution in [0.4, 0.5) is 0 Å². The Morgan fingerprint density at radius 1 is 1.40 bits per heavy atom. The predicted octanol–water partition coefficient (Wildman–Crippen LogP) is 0.465. The van der Waals surface area contributed by atoms with E-state index in [9.17, 15) is 13.2 Å². The van der Waals surface area contributed by atoms with E-state index in [2.05, 4.69) is 10.1 Å². The number of carbonyl (C=O) groups is 1. The third-order valence-electron chi connectivity index (χ3n) is 4.31. The highest BCUT2D eigenvalue weighted by Crippen LogP contribution is 2.20. The Labute approximate surface area is 149 Å². The minimum absolute atomic E-state index is 0.0818. The summed E-state index contributed by atoms with van der Waals surface area (Å²) in [5.41, 5.74) is 0. The number of amides is 1. The van der Waals surface area contributed by atoms with E-state index in [1.165, 1.54) is 29.6 Å². The Morgan fingerprint density at radius 3 is 2.60 bits per heavy atom.